The van der Waals surface area contributed by atoms with Crippen molar-refractivity contribution in [2.24, 2.45) is 5.92 Å². The van der Waals surface area contributed by atoms with E-state index in [1.807, 2.05) is 53.4 Å². The first kappa shape index (κ1) is 21.6. The maximum absolute atomic E-state index is 13.4. The van der Waals surface area contributed by atoms with E-state index < -0.39 is 0 Å². The molecule has 0 N–H and O–H groups in total. The highest BCUT2D eigenvalue weighted by molar-refractivity contribution is 5.70. The van der Waals surface area contributed by atoms with Crippen molar-refractivity contribution < 1.29 is 14.3 Å². The number of benzene rings is 2. The van der Waals surface area contributed by atoms with Crippen molar-refractivity contribution in [3.8, 4) is 0 Å². The second-order valence-electron chi connectivity index (χ2n) is 8.79. The molecule has 0 bridgehead atoms. The van der Waals surface area contributed by atoms with Crippen molar-refractivity contribution in [1.82, 2.24) is 4.90 Å². The zero-order valence-electron chi connectivity index (χ0n) is 18.2. The molecular weight excluding hydrogens is 386 g/mol. The van der Waals surface area contributed by atoms with Crippen LogP contribution in [0.25, 0.3) is 0 Å². The van der Waals surface area contributed by atoms with Gasteiger partial charge in [0.05, 0.1) is 24.8 Å². The summed E-state index contributed by atoms with van der Waals surface area (Å²) in [6.07, 6.45) is 8.21. The predicted octanol–water partition coefficient (Wildman–Crippen LogP) is 6.12. The number of nitrogens with zero attached hydrogens (tertiary/aromatic N) is 1. The maximum Gasteiger partial charge on any atom is 0.410 e. The Bertz CT molecular complexity index is 853. The van der Waals surface area contributed by atoms with E-state index in [1.165, 1.54) is 6.42 Å². The molecule has 1 saturated carbocycles. The van der Waals surface area contributed by atoms with Gasteiger partial charge in [0.15, 0.2) is 0 Å². The summed E-state index contributed by atoms with van der Waals surface area (Å²) in [6, 6.07) is 20.1. The highest BCUT2D eigenvalue weighted by Crippen LogP contribution is 2.48. The van der Waals surface area contributed by atoms with Crippen LogP contribution in [0.3, 0.4) is 0 Å². The lowest BCUT2D eigenvalue weighted by atomic mass is 9.71. The fourth-order valence-electron chi connectivity index (χ4n) is 5.39. The average molecular weight is 420 g/mol. The maximum atomic E-state index is 13.4. The van der Waals surface area contributed by atoms with Gasteiger partial charge in [0, 0.05) is 5.92 Å². The average Bonchev–Trinajstić information content (AvgIpc) is 3.17. The molecule has 1 saturated heterocycles. The van der Waals surface area contributed by atoms with Crippen LogP contribution in [0.5, 0.6) is 0 Å². The Kier molecular flexibility index (Phi) is 7.08. The molecule has 4 nitrogen and oxygen atoms in total. The molecule has 31 heavy (non-hydrogen) atoms. The molecule has 2 aromatic carbocycles. The minimum atomic E-state index is -0.219. The highest BCUT2D eigenvalue weighted by Gasteiger charge is 2.53. The Labute approximate surface area is 185 Å². The Balaban J connectivity index is 1.48. The fraction of sp³-hybridized carbons (Fsp3) is 0.444. The van der Waals surface area contributed by atoms with Crippen LogP contribution in [0.4, 0.5) is 4.79 Å². The number of ether oxygens (including phenoxy) is 2. The summed E-state index contributed by atoms with van der Waals surface area (Å²) in [7, 11) is 0. The van der Waals surface area contributed by atoms with E-state index in [0.717, 1.165) is 43.2 Å². The van der Waals surface area contributed by atoms with Crippen LogP contribution in [0.2, 0.25) is 0 Å². The minimum absolute atomic E-state index is 0.0348. The van der Waals surface area contributed by atoms with Crippen molar-refractivity contribution in [2.75, 3.05) is 6.61 Å². The molecule has 2 aliphatic rings. The molecule has 2 aromatic rings. The molecule has 1 amide bonds. The molecule has 4 rings (SSSR count). The Hall–Kier alpha value is -2.59. The molecule has 0 radical (unpaired) electrons. The van der Waals surface area contributed by atoms with Crippen LogP contribution in [0, 0.1) is 5.92 Å². The second kappa shape index (κ2) is 10.1. The zero-order valence-corrected chi connectivity index (χ0v) is 18.2. The molecule has 1 aliphatic carbocycles. The normalized spacial score (nSPS) is 25.5. The lowest BCUT2D eigenvalue weighted by Crippen LogP contribution is -2.56. The third-order valence-electron chi connectivity index (χ3n) is 6.93. The molecular formula is C27H33NO3. The van der Waals surface area contributed by atoms with Gasteiger partial charge in [0.2, 0.25) is 0 Å². The quantitative estimate of drug-likeness (QED) is 0.508. The van der Waals surface area contributed by atoms with Gasteiger partial charge >= 0.3 is 6.09 Å². The molecule has 2 fully saturated rings. The summed E-state index contributed by atoms with van der Waals surface area (Å²) in [6.45, 7) is 5.49. The summed E-state index contributed by atoms with van der Waals surface area (Å²) in [5.74, 6) is 0.310. The number of hydrogen-bond acceptors (Lipinski definition) is 3. The van der Waals surface area contributed by atoms with Crippen LogP contribution in [0.15, 0.2) is 73.3 Å². The van der Waals surface area contributed by atoms with Crippen molar-refractivity contribution in [3.05, 3.63) is 84.4 Å². The van der Waals surface area contributed by atoms with Gasteiger partial charge < -0.3 is 9.47 Å². The monoisotopic (exact) mass is 419 g/mol. The fourth-order valence-corrected chi connectivity index (χ4v) is 5.39. The van der Waals surface area contributed by atoms with Gasteiger partial charge in [-0.05, 0) is 36.8 Å². The van der Waals surface area contributed by atoms with Crippen molar-refractivity contribution in [2.45, 2.75) is 63.3 Å². The number of likely N-dealkylation sites (tertiary alicyclic amines) is 1. The smallest absolute Gasteiger partial charge is 0.410 e. The van der Waals surface area contributed by atoms with Crippen LogP contribution >= 0.6 is 0 Å². The molecule has 3 atom stereocenters. The topological polar surface area (TPSA) is 38.8 Å². The predicted molar refractivity (Wildman–Crippen MR) is 122 cm³/mol. The van der Waals surface area contributed by atoms with E-state index >= 15 is 0 Å². The number of carbonyl (C=O) groups excluding carboxylic acids is 1. The van der Waals surface area contributed by atoms with Crippen molar-refractivity contribution >= 4 is 6.09 Å². The molecule has 1 heterocycles. The minimum Gasteiger partial charge on any atom is -0.445 e. The van der Waals surface area contributed by atoms with Gasteiger partial charge in [-0.25, -0.2) is 4.79 Å². The summed E-state index contributed by atoms with van der Waals surface area (Å²) in [5.41, 5.74) is 1.97. The molecule has 0 unspecified atom stereocenters. The number of rotatable bonds is 7. The highest BCUT2D eigenvalue weighted by atomic mass is 16.6. The first-order chi connectivity index (χ1) is 15.2. The van der Waals surface area contributed by atoms with E-state index in [2.05, 4.69) is 24.8 Å². The third kappa shape index (κ3) is 4.85. The molecule has 4 heteroatoms. The van der Waals surface area contributed by atoms with Crippen molar-refractivity contribution in [3.63, 3.8) is 0 Å². The Morgan fingerprint density at radius 3 is 2.32 bits per heavy atom. The van der Waals surface area contributed by atoms with Crippen LogP contribution < -0.4 is 0 Å². The van der Waals surface area contributed by atoms with Gasteiger partial charge in [-0.15, -0.1) is 6.58 Å². The van der Waals surface area contributed by atoms with Crippen LogP contribution in [-0.4, -0.2) is 29.2 Å². The van der Waals surface area contributed by atoms with Crippen LogP contribution in [0.1, 0.15) is 49.7 Å². The number of amides is 1. The molecule has 164 valence electrons. The molecule has 1 spiro atoms. The van der Waals surface area contributed by atoms with E-state index in [4.69, 9.17) is 9.47 Å². The largest absolute Gasteiger partial charge is 0.445 e. The van der Waals surface area contributed by atoms with Crippen molar-refractivity contribution in [1.29, 1.82) is 0 Å². The van der Waals surface area contributed by atoms with Gasteiger partial charge in [0.1, 0.15) is 6.61 Å². The van der Waals surface area contributed by atoms with E-state index in [0.29, 0.717) is 25.7 Å². The lowest BCUT2D eigenvalue weighted by molar-refractivity contribution is -0.00895. The van der Waals surface area contributed by atoms with Gasteiger partial charge in [0.25, 0.3) is 0 Å². The number of hydrogen-bond donors (Lipinski definition) is 0. The first-order valence-electron chi connectivity index (χ1n) is 11.5. The number of carbonyl (C=O) groups is 1. The summed E-state index contributed by atoms with van der Waals surface area (Å²) >= 11 is 0. The van der Waals surface area contributed by atoms with Crippen LogP contribution in [-0.2, 0) is 22.7 Å². The zero-order chi connectivity index (χ0) is 21.5. The first-order valence-corrected chi connectivity index (χ1v) is 11.5. The van der Waals surface area contributed by atoms with Gasteiger partial charge in [-0.3, -0.25) is 4.90 Å². The standard InChI is InChI=1S/C27H33NO3/c1-2-24-15-9-10-17-27(24)18-16-25(21-30-19-22-11-5-3-6-12-22)28(27)26(29)31-20-23-13-7-4-8-14-23/h2-8,11-14,24-25H,1,9-10,15-21H2/t24-,25+,27-/m1/s1. The van der Waals surface area contributed by atoms with Gasteiger partial charge in [-0.2, -0.15) is 0 Å². The van der Waals surface area contributed by atoms with Gasteiger partial charge in [-0.1, -0.05) is 79.6 Å². The summed E-state index contributed by atoms with van der Waals surface area (Å²) < 4.78 is 11.9. The SMILES string of the molecule is C=C[C@@H]1CCCC[C@@]12CC[C@@H](COCc1ccccc1)N2C(=O)OCc1ccccc1. The van der Waals surface area contributed by atoms with E-state index in [9.17, 15) is 4.79 Å². The molecule has 0 aromatic heterocycles. The summed E-state index contributed by atoms with van der Waals surface area (Å²) in [5, 5.41) is 0. The summed E-state index contributed by atoms with van der Waals surface area (Å²) in [4.78, 5) is 15.4. The third-order valence-corrected chi connectivity index (χ3v) is 6.93. The second-order valence-corrected chi connectivity index (χ2v) is 8.79. The Morgan fingerprint density at radius 1 is 0.968 bits per heavy atom. The molecule has 1 aliphatic heterocycles. The van der Waals surface area contributed by atoms with E-state index in [1.54, 1.807) is 0 Å². The lowest BCUT2D eigenvalue weighted by Gasteiger charge is -2.47. The van der Waals surface area contributed by atoms with E-state index in [-0.39, 0.29) is 17.7 Å². The Morgan fingerprint density at radius 2 is 1.65 bits per heavy atom.